The van der Waals surface area contributed by atoms with Crippen LogP contribution >= 0.6 is 0 Å². The molecule has 5 rings (SSSR count). The van der Waals surface area contributed by atoms with Crippen LogP contribution in [0.4, 0.5) is 5.69 Å². The number of aryl methyl sites for hydroxylation is 1. The summed E-state index contributed by atoms with van der Waals surface area (Å²) in [6, 6.07) is 22.8. The van der Waals surface area contributed by atoms with Crippen molar-refractivity contribution in [2.45, 2.75) is 26.8 Å². The normalized spacial score (nSPS) is 15.8. The van der Waals surface area contributed by atoms with Crippen LogP contribution in [0.1, 0.15) is 41.6 Å². The number of nitrogens with zero attached hydrogens (tertiary/aromatic N) is 1. The number of carbonyl (C=O) groups excluding carboxylic acids is 2. The Morgan fingerprint density at radius 1 is 1.03 bits per heavy atom. The predicted molar refractivity (Wildman–Crippen MR) is 138 cm³/mol. The summed E-state index contributed by atoms with van der Waals surface area (Å²) in [5, 5.41) is 11.8. The third-order valence-electron chi connectivity index (χ3n) is 6.16. The lowest BCUT2D eigenvalue weighted by atomic mass is 9.94. The number of para-hydroxylation sites is 1. The van der Waals surface area contributed by atoms with E-state index >= 15 is 0 Å². The van der Waals surface area contributed by atoms with Crippen molar-refractivity contribution in [2.24, 2.45) is 5.92 Å². The highest BCUT2D eigenvalue weighted by molar-refractivity contribution is 6.20. The standard InChI is InChI=1S/C30H27NO5/c1-18(2)17-35-23-13-11-22(12-14-23)31-27(21-9-6-7-19(3)15-21)26(29(33)30(31)34)28(32)25-16-20-8-4-5-10-24(20)36-25/h4-16,18,27,33H,17H2,1-3H3. The van der Waals surface area contributed by atoms with Crippen molar-refractivity contribution in [2.75, 3.05) is 11.5 Å². The largest absolute Gasteiger partial charge is 0.503 e. The Kier molecular flexibility index (Phi) is 6.10. The van der Waals surface area contributed by atoms with Gasteiger partial charge in [-0.2, -0.15) is 0 Å². The van der Waals surface area contributed by atoms with Crippen LogP contribution in [-0.2, 0) is 4.79 Å². The molecule has 1 aromatic heterocycles. The number of rotatable bonds is 7. The third kappa shape index (κ3) is 4.26. The molecule has 0 aliphatic carbocycles. The van der Waals surface area contributed by atoms with E-state index in [0.29, 0.717) is 35.1 Å². The average molecular weight is 482 g/mol. The Morgan fingerprint density at radius 3 is 2.47 bits per heavy atom. The molecule has 36 heavy (non-hydrogen) atoms. The molecule has 1 aliphatic rings. The van der Waals surface area contributed by atoms with Crippen LogP contribution in [0, 0.1) is 12.8 Å². The monoisotopic (exact) mass is 481 g/mol. The number of furan rings is 1. The van der Waals surface area contributed by atoms with Crippen LogP contribution in [0.3, 0.4) is 0 Å². The second-order valence-corrected chi connectivity index (χ2v) is 9.43. The highest BCUT2D eigenvalue weighted by Crippen LogP contribution is 2.42. The molecule has 1 aliphatic heterocycles. The summed E-state index contributed by atoms with van der Waals surface area (Å²) >= 11 is 0. The van der Waals surface area contributed by atoms with Gasteiger partial charge in [0.2, 0.25) is 5.78 Å². The van der Waals surface area contributed by atoms with Crippen molar-refractivity contribution in [1.29, 1.82) is 0 Å². The fourth-order valence-electron chi connectivity index (χ4n) is 4.45. The van der Waals surface area contributed by atoms with Gasteiger partial charge in [0.25, 0.3) is 5.91 Å². The zero-order valence-electron chi connectivity index (χ0n) is 20.4. The van der Waals surface area contributed by atoms with Crippen molar-refractivity contribution in [1.82, 2.24) is 0 Å². The van der Waals surface area contributed by atoms with Crippen LogP contribution in [-0.4, -0.2) is 23.4 Å². The number of aliphatic hydroxyl groups excluding tert-OH is 1. The van der Waals surface area contributed by atoms with E-state index in [0.717, 1.165) is 10.9 Å². The summed E-state index contributed by atoms with van der Waals surface area (Å²) in [5.41, 5.74) is 2.78. The van der Waals surface area contributed by atoms with E-state index in [9.17, 15) is 14.7 Å². The number of Topliss-reactive ketones (excluding diaryl/α,β-unsaturated/α-hetero) is 1. The van der Waals surface area contributed by atoms with E-state index in [1.807, 2.05) is 49.4 Å². The molecule has 0 radical (unpaired) electrons. The second kappa shape index (κ2) is 9.38. The quantitative estimate of drug-likeness (QED) is 0.303. The average Bonchev–Trinajstić information content (AvgIpc) is 3.42. The Hall–Kier alpha value is -4.32. The Morgan fingerprint density at radius 2 is 1.78 bits per heavy atom. The van der Waals surface area contributed by atoms with Crippen molar-refractivity contribution < 1.29 is 23.8 Å². The van der Waals surface area contributed by atoms with Crippen LogP contribution in [0.5, 0.6) is 5.75 Å². The number of ketones is 1. The van der Waals surface area contributed by atoms with E-state index in [1.54, 1.807) is 36.4 Å². The molecule has 1 atom stereocenters. The summed E-state index contributed by atoms with van der Waals surface area (Å²) in [6.07, 6.45) is 0. The van der Waals surface area contributed by atoms with Crippen LogP contribution < -0.4 is 9.64 Å². The summed E-state index contributed by atoms with van der Waals surface area (Å²) in [5.74, 6) is -0.611. The number of hydrogen-bond acceptors (Lipinski definition) is 5. The van der Waals surface area contributed by atoms with E-state index in [4.69, 9.17) is 9.15 Å². The maximum atomic E-state index is 13.7. The van der Waals surface area contributed by atoms with Crippen molar-refractivity contribution in [3.8, 4) is 5.75 Å². The molecule has 0 saturated carbocycles. The predicted octanol–water partition coefficient (Wildman–Crippen LogP) is 6.56. The fraction of sp³-hybridized carbons (Fsp3) is 0.200. The molecular weight excluding hydrogens is 454 g/mol. The van der Waals surface area contributed by atoms with Gasteiger partial charge in [-0.25, -0.2) is 0 Å². The smallest absolute Gasteiger partial charge is 0.294 e. The van der Waals surface area contributed by atoms with Gasteiger partial charge in [-0.1, -0.05) is 61.9 Å². The van der Waals surface area contributed by atoms with Gasteiger partial charge < -0.3 is 14.3 Å². The van der Waals surface area contributed by atoms with Gasteiger partial charge in [0.15, 0.2) is 11.5 Å². The van der Waals surface area contributed by atoms with Gasteiger partial charge in [-0.05, 0) is 54.8 Å². The van der Waals surface area contributed by atoms with Gasteiger partial charge in [0, 0.05) is 11.1 Å². The first kappa shape index (κ1) is 23.4. The summed E-state index contributed by atoms with van der Waals surface area (Å²) in [6.45, 7) is 6.65. The SMILES string of the molecule is Cc1cccc(C2C(C(=O)c3cc4ccccc4o3)=C(O)C(=O)N2c2ccc(OCC(C)C)cc2)c1. The minimum Gasteiger partial charge on any atom is -0.503 e. The summed E-state index contributed by atoms with van der Waals surface area (Å²) < 4.78 is 11.6. The minimum atomic E-state index is -0.819. The van der Waals surface area contributed by atoms with Crippen LogP contribution in [0.2, 0.25) is 0 Å². The van der Waals surface area contributed by atoms with Crippen molar-refractivity contribution >= 4 is 28.3 Å². The lowest BCUT2D eigenvalue weighted by Gasteiger charge is -2.27. The third-order valence-corrected chi connectivity index (χ3v) is 6.16. The first-order valence-electron chi connectivity index (χ1n) is 11.9. The van der Waals surface area contributed by atoms with Gasteiger partial charge >= 0.3 is 0 Å². The zero-order valence-corrected chi connectivity index (χ0v) is 20.4. The lowest BCUT2D eigenvalue weighted by Crippen LogP contribution is -2.31. The molecule has 6 nitrogen and oxygen atoms in total. The molecule has 6 heteroatoms. The van der Waals surface area contributed by atoms with Gasteiger partial charge in [-0.15, -0.1) is 0 Å². The first-order chi connectivity index (χ1) is 17.3. The molecule has 1 unspecified atom stereocenters. The number of carbonyl (C=O) groups is 2. The van der Waals surface area contributed by atoms with E-state index in [-0.39, 0.29) is 11.3 Å². The van der Waals surface area contributed by atoms with E-state index < -0.39 is 23.5 Å². The van der Waals surface area contributed by atoms with E-state index in [1.165, 1.54) is 4.90 Å². The summed E-state index contributed by atoms with van der Waals surface area (Å²) in [4.78, 5) is 28.6. The number of anilines is 1. The molecule has 0 fully saturated rings. The highest BCUT2D eigenvalue weighted by Gasteiger charge is 2.45. The van der Waals surface area contributed by atoms with Gasteiger partial charge in [0.1, 0.15) is 11.3 Å². The number of hydrogen-bond donors (Lipinski definition) is 1. The second-order valence-electron chi connectivity index (χ2n) is 9.43. The Labute approximate surface area is 209 Å². The lowest BCUT2D eigenvalue weighted by molar-refractivity contribution is -0.117. The maximum absolute atomic E-state index is 13.7. The first-order valence-corrected chi connectivity index (χ1v) is 11.9. The van der Waals surface area contributed by atoms with Gasteiger partial charge in [0.05, 0.1) is 18.2 Å². The minimum absolute atomic E-state index is 0.00945. The van der Waals surface area contributed by atoms with Gasteiger partial charge in [-0.3, -0.25) is 14.5 Å². The van der Waals surface area contributed by atoms with Crippen LogP contribution in [0.25, 0.3) is 11.0 Å². The molecule has 0 saturated heterocycles. The molecule has 0 bridgehead atoms. The maximum Gasteiger partial charge on any atom is 0.294 e. The number of benzene rings is 3. The molecule has 3 aromatic carbocycles. The van der Waals surface area contributed by atoms with E-state index in [2.05, 4.69) is 13.8 Å². The molecular formula is C30H27NO5. The Bertz CT molecular complexity index is 1450. The fourth-order valence-corrected chi connectivity index (χ4v) is 4.45. The summed E-state index contributed by atoms with van der Waals surface area (Å²) in [7, 11) is 0. The molecule has 0 spiro atoms. The number of amides is 1. The van der Waals surface area contributed by atoms with Crippen molar-refractivity contribution in [3.05, 3.63) is 107 Å². The Balaban J connectivity index is 1.57. The molecule has 4 aromatic rings. The van der Waals surface area contributed by atoms with Crippen LogP contribution in [0.15, 0.2) is 94.6 Å². The molecule has 2 heterocycles. The topological polar surface area (TPSA) is 80.0 Å². The number of fused-ring (bicyclic) bond motifs is 1. The number of aliphatic hydroxyl groups is 1. The zero-order chi connectivity index (χ0) is 25.4. The number of ether oxygens (including phenoxy) is 1. The highest BCUT2D eigenvalue weighted by atomic mass is 16.5. The molecule has 182 valence electrons. The molecule has 1 N–H and O–H groups in total. The molecule has 1 amide bonds. The van der Waals surface area contributed by atoms with Crippen molar-refractivity contribution in [3.63, 3.8) is 0 Å².